The lowest BCUT2D eigenvalue weighted by molar-refractivity contribution is -0.138. The molecule has 2 aromatic heterocycles. The van der Waals surface area contributed by atoms with Crippen LogP contribution in [-0.4, -0.2) is 20.7 Å². The molecule has 176 valence electrons. The standard InChI is InChI=1S/C25H22F4N4O/c1-13-5-8-22-19(9-13)20(10-14(2)30-22)24(34)31-23-15(3)32-33(16(23)4)12-17-6-7-18(26)11-21(17)25(27,28)29/h5-11H,12H2,1-4H3,(H,31,34). The van der Waals surface area contributed by atoms with Crippen molar-refractivity contribution in [1.82, 2.24) is 14.8 Å². The number of hydrogen-bond acceptors (Lipinski definition) is 3. The van der Waals surface area contributed by atoms with E-state index in [4.69, 9.17) is 0 Å². The molecule has 0 saturated carbocycles. The summed E-state index contributed by atoms with van der Waals surface area (Å²) in [6.45, 7) is 6.81. The van der Waals surface area contributed by atoms with Crippen molar-refractivity contribution in [3.63, 3.8) is 0 Å². The van der Waals surface area contributed by atoms with Gasteiger partial charge in [0.05, 0.1) is 40.3 Å². The molecule has 0 fully saturated rings. The number of benzene rings is 2. The second-order valence-electron chi connectivity index (χ2n) is 8.29. The second-order valence-corrected chi connectivity index (χ2v) is 8.29. The number of rotatable bonds is 4. The Labute approximate surface area is 193 Å². The van der Waals surface area contributed by atoms with Gasteiger partial charge in [0.25, 0.3) is 5.91 Å². The van der Waals surface area contributed by atoms with Crippen LogP contribution in [-0.2, 0) is 12.7 Å². The number of nitrogens with zero attached hydrogens (tertiary/aromatic N) is 3. The van der Waals surface area contributed by atoms with E-state index in [-0.39, 0.29) is 18.0 Å². The van der Waals surface area contributed by atoms with Crippen molar-refractivity contribution >= 4 is 22.5 Å². The van der Waals surface area contributed by atoms with Crippen LogP contribution in [0.1, 0.15) is 44.1 Å². The molecule has 4 aromatic rings. The highest BCUT2D eigenvalue weighted by Gasteiger charge is 2.34. The predicted octanol–water partition coefficient (Wildman–Crippen LogP) is 6.12. The van der Waals surface area contributed by atoms with Crippen molar-refractivity contribution in [3.05, 3.63) is 87.6 Å². The molecule has 0 atom stereocenters. The number of aromatic nitrogens is 3. The Kier molecular flexibility index (Phi) is 5.89. The highest BCUT2D eigenvalue weighted by molar-refractivity contribution is 6.12. The van der Waals surface area contributed by atoms with Gasteiger partial charge in [-0.3, -0.25) is 14.5 Å². The number of pyridine rings is 1. The summed E-state index contributed by atoms with van der Waals surface area (Å²) in [5, 5.41) is 7.88. The van der Waals surface area contributed by atoms with Gasteiger partial charge in [0.1, 0.15) is 5.82 Å². The van der Waals surface area contributed by atoms with Gasteiger partial charge in [0, 0.05) is 11.1 Å². The lowest BCUT2D eigenvalue weighted by Crippen LogP contribution is -2.15. The van der Waals surface area contributed by atoms with Gasteiger partial charge in [-0.1, -0.05) is 17.7 Å². The van der Waals surface area contributed by atoms with Crippen LogP contribution in [0.5, 0.6) is 0 Å². The summed E-state index contributed by atoms with van der Waals surface area (Å²) in [4.78, 5) is 17.7. The van der Waals surface area contributed by atoms with E-state index in [0.717, 1.165) is 17.7 Å². The normalized spacial score (nSPS) is 11.8. The van der Waals surface area contributed by atoms with Crippen molar-refractivity contribution < 1.29 is 22.4 Å². The van der Waals surface area contributed by atoms with Crippen molar-refractivity contribution in [3.8, 4) is 0 Å². The Bertz CT molecular complexity index is 1420. The first-order valence-electron chi connectivity index (χ1n) is 10.5. The number of aryl methyl sites for hydroxylation is 3. The molecule has 0 bridgehead atoms. The van der Waals surface area contributed by atoms with Gasteiger partial charge in [0.15, 0.2) is 0 Å². The van der Waals surface area contributed by atoms with Crippen molar-refractivity contribution in [2.45, 2.75) is 40.4 Å². The summed E-state index contributed by atoms with van der Waals surface area (Å²) < 4.78 is 55.0. The van der Waals surface area contributed by atoms with Gasteiger partial charge < -0.3 is 5.32 Å². The van der Waals surface area contributed by atoms with E-state index >= 15 is 0 Å². The molecule has 0 aliphatic rings. The molecule has 0 radical (unpaired) electrons. The monoisotopic (exact) mass is 470 g/mol. The second kappa shape index (κ2) is 8.55. The van der Waals surface area contributed by atoms with E-state index in [1.54, 1.807) is 26.8 Å². The molecule has 5 nitrogen and oxygen atoms in total. The number of halogens is 4. The van der Waals surface area contributed by atoms with Crippen LogP contribution >= 0.6 is 0 Å². The summed E-state index contributed by atoms with van der Waals surface area (Å²) in [6.07, 6.45) is -4.71. The van der Waals surface area contributed by atoms with Gasteiger partial charge in [-0.05, 0) is 63.6 Å². The summed E-state index contributed by atoms with van der Waals surface area (Å²) in [5.41, 5.74) is 2.96. The van der Waals surface area contributed by atoms with Crippen LogP contribution in [0.2, 0.25) is 0 Å². The van der Waals surface area contributed by atoms with Gasteiger partial charge in [-0.15, -0.1) is 0 Å². The first-order valence-corrected chi connectivity index (χ1v) is 10.5. The van der Waals surface area contributed by atoms with Gasteiger partial charge in [-0.2, -0.15) is 18.3 Å². The fourth-order valence-electron chi connectivity index (χ4n) is 3.98. The summed E-state index contributed by atoms with van der Waals surface area (Å²) in [5.74, 6) is -1.34. The first-order chi connectivity index (χ1) is 15.9. The fraction of sp³-hybridized carbons (Fsp3) is 0.240. The zero-order valence-electron chi connectivity index (χ0n) is 19.0. The molecule has 0 aliphatic carbocycles. The minimum Gasteiger partial charge on any atom is -0.319 e. The zero-order valence-corrected chi connectivity index (χ0v) is 19.0. The highest BCUT2D eigenvalue weighted by Crippen LogP contribution is 2.33. The number of fused-ring (bicyclic) bond motifs is 1. The van der Waals surface area contributed by atoms with Crippen LogP contribution in [0.15, 0.2) is 42.5 Å². The smallest absolute Gasteiger partial charge is 0.319 e. The molecule has 1 N–H and O–H groups in total. The number of hydrogen-bond donors (Lipinski definition) is 1. The van der Waals surface area contributed by atoms with E-state index in [0.29, 0.717) is 45.3 Å². The Balaban J connectivity index is 1.68. The SMILES string of the molecule is Cc1ccc2nc(C)cc(C(=O)Nc3c(C)nn(Cc4ccc(F)cc4C(F)(F)F)c3C)c2c1. The number of carbonyl (C=O) groups is 1. The molecule has 4 rings (SSSR count). The third-order valence-electron chi connectivity index (χ3n) is 5.65. The summed E-state index contributed by atoms with van der Waals surface area (Å²) in [6, 6.07) is 9.90. The maximum atomic E-state index is 13.5. The third-order valence-corrected chi connectivity index (χ3v) is 5.65. The topological polar surface area (TPSA) is 59.8 Å². The van der Waals surface area contributed by atoms with Gasteiger partial charge >= 0.3 is 6.18 Å². The molecular formula is C25H22F4N4O. The van der Waals surface area contributed by atoms with Crippen LogP contribution in [0, 0.1) is 33.5 Å². The molecule has 34 heavy (non-hydrogen) atoms. The van der Waals surface area contributed by atoms with Crippen molar-refractivity contribution in [1.29, 1.82) is 0 Å². The minimum absolute atomic E-state index is 0.122. The lowest BCUT2D eigenvalue weighted by atomic mass is 10.0. The van der Waals surface area contributed by atoms with Crippen molar-refractivity contribution in [2.24, 2.45) is 0 Å². The lowest BCUT2D eigenvalue weighted by Gasteiger charge is -2.14. The van der Waals surface area contributed by atoms with E-state index in [2.05, 4.69) is 15.4 Å². The molecular weight excluding hydrogens is 448 g/mol. The Morgan fingerprint density at radius 3 is 2.47 bits per heavy atom. The molecule has 0 aliphatic heterocycles. The van der Waals surface area contributed by atoms with Crippen LogP contribution in [0.25, 0.3) is 10.9 Å². The van der Waals surface area contributed by atoms with E-state index in [1.807, 2.05) is 25.1 Å². The maximum absolute atomic E-state index is 13.5. The summed E-state index contributed by atoms with van der Waals surface area (Å²) >= 11 is 0. The molecule has 9 heteroatoms. The fourth-order valence-corrected chi connectivity index (χ4v) is 3.98. The maximum Gasteiger partial charge on any atom is 0.416 e. The molecule has 0 unspecified atom stereocenters. The Morgan fingerprint density at radius 2 is 1.76 bits per heavy atom. The van der Waals surface area contributed by atoms with E-state index < -0.39 is 17.6 Å². The van der Waals surface area contributed by atoms with Crippen LogP contribution in [0.3, 0.4) is 0 Å². The molecule has 2 heterocycles. The molecule has 0 spiro atoms. The van der Waals surface area contributed by atoms with Crippen molar-refractivity contribution in [2.75, 3.05) is 5.32 Å². The predicted molar refractivity (Wildman–Crippen MR) is 121 cm³/mol. The Morgan fingerprint density at radius 1 is 1.03 bits per heavy atom. The number of anilines is 1. The van der Waals surface area contributed by atoms with Gasteiger partial charge in [-0.25, -0.2) is 4.39 Å². The number of amides is 1. The van der Waals surface area contributed by atoms with Gasteiger partial charge in [0.2, 0.25) is 0 Å². The quantitative estimate of drug-likeness (QED) is 0.366. The van der Waals surface area contributed by atoms with E-state index in [1.165, 1.54) is 4.68 Å². The van der Waals surface area contributed by atoms with Crippen LogP contribution < -0.4 is 5.32 Å². The number of carbonyl (C=O) groups excluding carboxylic acids is 1. The van der Waals surface area contributed by atoms with Crippen LogP contribution in [0.4, 0.5) is 23.2 Å². The molecule has 2 aromatic carbocycles. The third kappa shape index (κ3) is 4.50. The zero-order chi connectivity index (χ0) is 24.8. The highest BCUT2D eigenvalue weighted by atomic mass is 19.4. The molecule has 0 saturated heterocycles. The number of nitrogens with one attached hydrogen (secondary N) is 1. The average molecular weight is 470 g/mol. The summed E-state index contributed by atoms with van der Waals surface area (Å²) in [7, 11) is 0. The average Bonchev–Trinajstić information content (AvgIpc) is 3.01. The first kappa shape index (κ1) is 23.4. The minimum atomic E-state index is -4.71. The Hall–Kier alpha value is -3.75. The number of alkyl halides is 3. The molecule has 1 amide bonds. The largest absolute Gasteiger partial charge is 0.416 e. The van der Waals surface area contributed by atoms with E-state index in [9.17, 15) is 22.4 Å².